The van der Waals surface area contributed by atoms with Crippen molar-refractivity contribution in [2.75, 3.05) is 6.61 Å². The third-order valence-electron chi connectivity index (χ3n) is 4.14. The lowest BCUT2D eigenvalue weighted by Crippen LogP contribution is -2.36. The number of aromatic nitrogens is 1. The highest BCUT2D eigenvalue weighted by molar-refractivity contribution is 7.16. The maximum atomic E-state index is 12.7. The van der Waals surface area contributed by atoms with Crippen LogP contribution in [0.5, 0.6) is 11.5 Å². The first-order chi connectivity index (χ1) is 12.7. The molecule has 0 aliphatic carbocycles. The molecule has 26 heavy (non-hydrogen) atoms. The normalized spacial score (nSPS) is 16.5. The predicted molar refractivity (Wildman–Crippen MR) is 100 cm³/mol. The molecule has 4 rings (SSSR count). The maximum absolute atomic E-state index is 12.7. The molecule has 0 saturated heterocycles. The molecule has 0 N–H and O–H groups in total. The van der Waals surface area contributed by atoms with Gasteiger partial charge >= 0.3 is 0 Å². The van der Waals surface area contributed by atoms with Crippen molar-refractivity contribution in [2.45, 2.75) is 19.6 Å². The Balaban J connectivity index is 1.73. The van der Waals surface area contributed by atoms with Crippen molar-refractivity contribution < 1.29 is 14.3 Å². The van der Waals surface area contributed by atoms with Crippen LogP contribution >= 0.6 is 11.3 Å². The second-order valence-corrected chi connectivity index (χ2v) is 6.92. The number of hydrogen-bond donors (Lipinski definition) is 0. The van der Waals surface area contributed by atoms with Crippen LogP contribution in [0, 0.1) is 19.3 Å². The number of para-hydroxylation sites is 3. The topological polar surface area (TPSA) is 52.8 Å². The minimum Gasteiger partial charge on any atom is -0.485 e. The van der Waals surface area contributed by atoms with Crippen LogP contribution in [0.3, 0.4) is 0 Å². The number of ether oxygens (including phenoxy) is 2. The average Bonchev–Trinajstić information content (AvgIpc) is 3.00. The van der Waals surface area contributed by atoms with E-state index in [0.717, 1.165) is 15.8 Å². The third-order valence-corrected chi connectivity index (χ3v) is 5.19. The van der Waals surface area contributed by atoms with Crippen molar-refractivity contribution in [1.82, 2.24) is 4.57 Å². The van der Waals surface area contributed by atoms with E-state index in [9.17, 15) is 4.79 Å². The van der Waals surface area contributed by atoms with E-state index in [-0.39, 0.29) is 12.5 Å². The Kier molecular flexibility index (Phi) is 4.23. The van der Waals surface area contributed by atoms with Gasteiger partial charge in [-0.15, -0.1) is 6.42 Å². The monoisotopic (exact) mass is 364 g/mol. The van der Waals surface area contributed by atoms with Gasteiger partial charge in [-0.25, -0.2) is 0 Å². The summed E-state index contributed by atoms with van der Waals surface area (Å²) < 4.78 is 14.3. The molecular weight excluding hydrogens is 348 g/mol. The number of carbonyl (C=O) groups excluding carboxylic acids is 1. The van der Waals surface area contributed by atoms with Crippen LogP contribution in [0.2, 0.25) is 0 Å². The quantitative estimate of drug-likeness (QED) is 0.657. The van der Waals surface area contributed by atoms with Crippen molar-refractivity contribution in [3.63, 3.8) is 0 Å². The molecule has 1 aliphatic rings. The molecular formula is C20H16N2O3S. The first-order valence-corrected chi connectivity index (χ1v) is 8.98. The lowest BCUT2D eigenvalue weighted by molar-refractivity contribution is -0.127. The van der Waals surface area contributed by atoms with Crippen LogP contribution in [0.1, 0.15) is 5.56 Å². The fourth-order valence-electron chi connectivity index (χ4n) is 2.94. The molecule has 1 amide bonds. The summed E-state index contributed by atoms with van der Waals surface area (Å²) in [6.45, 7) is 2.50. The van der Waals surface area contributed by atoms with Gasteiger partial charge in [-0.05, 0) is 30.7 Å². The van der Waals surface area contributed by atoms with Crippen LogP contribution in [0.4, 0.5) is 0 Å². The summed E-state index contributed by atoms with van der Waals surface area (Å²) >= 11 is 1.44. The molecule has 0 saturated carbocycles. The van der Waals surface area contributed by atoms with E-state index in [2.05, 4.69) is 10.9 Å². The molecule has 2 heterocycles. The summed E-state index contributed by atoms with van der Waals surface area (Å²) in [6, 6.07) is 13.3. The minimum absolute atomic E-state index is 0.137. The Labute approximate surface area is 154 Å². The van der Waals surface area contributed by atoms with Crippen LogP contribution in [-0.2, 0) is 11.3 Å². The number of thiazole rings is 1. The number of fused-ring (bicyclic) bond motifs is 2. The number of aryl methyl sites for hydroxylation is 1. The highest BCUT2D eigenvalue weighted by atomic mass is 32.1. The summed E-state index contributed by atoms with van der Waals surface area (Å²) in [5.41, 5.74) is 2.10. The van der Waals surface area contributed by atoms with Gasteiger partial charge in [0, 0.05) is 0 Å². The lowest BCUT2D eigenvalue weighted by atomic mass is 10.2. The molecule has 0 radical (unpaired) electrons. The molecule has 130 valence electrons. The van der Waals surface area contributed by atoms with E-state index >= 15 is 0 Å². The maximum Gasteiger partial charge on any atom is 0.292 e. The summed E-state index contributed by atoms with van der Waals surface area (Å²) in [5.74, 6) is 3.45. The first kappa shape index (κ1) is 16.4. The number of nitrogens with zero attached hydrogens (tertiary/aromatic N) is 2. The summed E-state index contributed by atoms with van der Waals surface area (Å²) in [4.78, 5) is 17.5. The molecule has 0 spiro atoms. The van der Waals surface area contributed by atoms with E-state index in [1.807, 2.05) is 47.9 Å². The summed E-state index contributed by atoms with van der Waals surface area (Å²) in [6.07, 6.45) is 4.75. The number of benzene rings is 2. The third kappa shape index (κ3) is 2.87. The molecule has 0 bridgehead atoms. The molecule has 1 atom stereocenters. The van der Waals surface area contributed by atoms with E-state index in [1.54, 1.807) is 6.07 Å². The molecule has 0 unspecified atom stereocenters. The lowest BCUT2D eigenvalue weighted by Gasteiger charge is -2.23. The zero-order chi connectivity index (χ0) is 18.1. The minimum atomic E-state index is -0.768. The Morgan fingerprint density at radius 1 is 1.31 bits per heavy atom. The van der Waals surface area contributed by atoms with Crippen LogP contribution in [0.15, 0.2) is 47.5 Å². The number of terminal acetylenes is 1. The van der Waals surface area contributed by atoms with Crippen molar-refractivity contribution >= 4 is 27.5 Å². The van der Waals surface area contributed by atoms with Crippen LogP contribution in [0.25, 0.3) is 10.2 Å². The average molecular weight is 364 g/mol. The van der Waals surface area contributed by atoms with Gasteiger partial charge in [0.1, 0.15) is 6.61 Å². The van der Waals surface area contributed by atoms with Gasteiger partial charge in [0.25, 0.3) is 5.91 Å². The van der Waals surface area contributed by atoms with Crippen molar-refractivity contribution in [2.24, 2.45) is 4.99 Å². The Morgan fingerprint density at radius 2 is 2.12 bits per heavy atom. The first-order valence-electron chi connectivity index (χ1n) is 8.17. The number of rotatable bonds is 2. The Morgan fingerprint density at radius 3 is 2.92 bits per heavy atom. The van der Waals surface area contributed by atoms with E-state index in [4.69, 9.17) is 15.9 Å². The smallest absolute Gasteiger partial charge is 0.292 e. The van der Waals surface area contributed by atoms with Gasteiger partial charge in [-0.3, -0.25) is 4.79 Å². The fourth-order valence-corrected chi connectivity index (χ4v) is 4.05. The Hall–Kier alpha value is -3.04. The molecule has 3 aromatic rings. The second kappa shape index (κ2) is 6.70. The second-order valence-electron chi connectivity index (χ2n) is 5.91. The number of amides is 1. The zero-order valence-electron chi connectivity index (χ0n) is 14.1. The van der Waals surface area contributed by atoms with Gasteiger partial charge in [-0.1, -0.05) is 41.5 Å². The van der Waals surface area contributed by atoms with E-state index in [1.165, 1.54) is 11.3 Å². The SMILES string of the molecule is C#CCn1c(=NC(=O)[C@H]2COc3ccccc3O2)sc2cccc(C)c21. The molecule has 2 aromatic carbocycles. The highest BCUT2D eigenvalue weighted by Gasteiger charge is 2.27. The van der Waals surface area contributed by atoms with Gasteiger partial charge in [-0.2, -0.15) is 4.99 Å². The van der Waals surface area contributed by atoms with Gasteiger partial charge in [0.15, 0.2) is 16.3 Å². The largest absolute Gasteiger partial charge is 0.485 e. The zero-order valence-corrected chi connectivity index (χ0v) is 15.0. The Bertz CT molecular complexity index is 1100. The fraction of sp³-hybridized carbons (Fsp3) is 0.200. The predicted octanol–water partition coefficient (Wildman–Crippen LogP) is 2.91. The van der Waals surface area contributed by atoms with Crippen LogP contribution < -0.4 is 14.3 Å². The standard InChI is InChI=1S/C20H16N2O3S/c1-3-11-22-18-13(2)7-6-10-17(18)26-20(22)21-19(23)16-12-24-14-8-4-5-9-15(14)25-16/h1,4-10,16H,11-12H2,2H3/t16-/m1/s1. The molecule has 5 nitrogen and oxygen atoms in total. The van der Waals surface area contributed by atoms with Crippen molar-refractivity contribution in [3.8, 4) is 23.8 Å². The molecule has 1 aromatic heterocycles. The molecule has 1 aliphatic heterocycles. The number of hydrogen-bond acceptors (Lipinski definition) is 4. The summed E-state index contributed by atoms with van der Waals surface area (Å²) in [7, 11) is 0. The van der Waals surface area contributed by atoms with Gasteiger partial charge in [0.2, 0.25) is 6.10 Å². The van der Waals surface area contributed by atoms with Crippen molar-refractivity contribution in [1.29, 1.82) is 0 Å². The van der Waals surface area contributed by atoms with Crippen molar-refractivity contribution in [3.05, 3.63) is 52.8 Å². The van der Waals surface area contributed by atoms with E-state index < -0.39 is 6.10 Å². The highest BCUT2D eigenvalue weighted by Crippen LogP contribution is 2.31. The van der Waals surface area contributed by atoms with E-state index in [0.29, 0.717) is 22.8 Å². The van der Waals surface area contributed by atoms with Gasteiger partial charge < -0.3 is 14.0 Å². The summed E-state index contributed by atoms with van der Waals surface area (Å²) in [5, 5.41) is 0. The van der Waals surface area contributed by atoms with Crippen LogP contribution in [-0.4, -0.2) is 23.2 Å². The molecule has 0 fully saturated rings. The number of carbonyl (C=O) groups is 1. The molecule has 6 heteroatoms. The van der Waals surface area contributed by atoms with Gasteiger partial charge in [0.05, 0.1) is 16.8 Å².